The van der Waals surface area contributed by atoms with Crippen LogP contribution in [0.2, 0.25) is 5.02 Å². The summed E-state index contributed by atoms with van der Waals surface area (Å²) in [5.41, 5.74) is -0.119. The lowest BCUT2D eigenvalue weighted by atomic mass is 10.1. The molecule has 0 heterocycles. The number of Topliss-reactive ketones (excluding diaryl/α,β-unsaturated/α-hetero) is 1. The van der Waals surface area contributed by atoms with Crippen molar-refractivity contribution in [3.05, 3.63) is 28.8 Å². The van der Waals surface area contributed by atoms with Crippen LogP contribution in [-0.4, -0.2) is 17.8 Å². The minimum atomic E-state index is -3.02. The van der Waals surface area contributed by atoms with Crippen LogP contribution in [0.1, 0.15) is 17.3 Å². The van der Waals surface area contributed by atoms with Crippen molar-refractivity contribution in [2.75, 3.05) is 0 Å². The van der Waals surface area contributed by atoms with E-state index in [0.29, 0.717) is 0 Å². The summed E-state index contributed by atoms with van der Waals surface area (Å²) in [7, 11) is 0. The molecule has 1 unspecified atom stereocenters. The molecule has 0 N–H and O–H groups in total. The van der Waals surface area contributed by atoms with Gasteiger partial charge in [-0.05, 0) is 19.1 Å². The highest BCUT2D eigenvalue weighted by Gasteiger charge is 2.22. The summed E-state index contributed by atoms with van der Waals surface area (Å²) in [5, 5.41) is -0.824. The average molecular weight is 269 g/mol. The molecule has 0 saturated carbocycles. The molecular formula is C10H8Cl2F2O2. The van der Waals surface area contributed by atoms with Crippen LogP contribution >= 0.6 is 23.2 Å². The van der Waals surface area contributed by atoms with Gasteiger partial charge in [-0.3, -0.25) is 4.79 Å². The van der Waals surface area contributed by atoms with E-state index in [1.807, 2.05) is 0 Å². The summed E-state index contributed by atoms with van der Waals surface area (Å²) in [6.45, 7) is -1.59. The number of ether oxygens (including phenoxy) is 1. The fourth-order valence-corrected chi connectivity index (χ4v) is 1.50. The van der Waals surface area contributed by atoms with Crippen LogP contribution in [0.3, 0.4) is 0 Å². The molecule has 0 amide bonds. The Morgan fingerprint density at radius 2 is 2.06 bits per heavy atom. The van der Waals surface area contributed by atoms with Crippen LogP contribution in [-0.2, 0) is 0 Å². The molecule has 0 spiro atoms. The van der Waals surface area contributed by atoms with Crippen LogP contribution in [0.5, 0.6) is 5.75 Å². The molecule has 0 saturated heterocycles. The first-order valence-corrected chi connectivity index (χ1v) is 5.16. The molecule has 88 valence electrons. The van der Waals surface area contributed by atoms with Gasteiger partial charge in [0.15, 0.2) is 5.78 Å². The van der Waals surface area contributed by atoms with Crippen LogP contribution in [0.25, 0.3) is 0 Å². The molecule has 1 aromatic carbocycles. The van der Waals surface area contributed by atoms with E-state index in [-0.39, 0.29) is 16.3 Å². The quantitative estimate of drug-likeness (QED) is 0.614. The fourth-order valence-electron chi connectivity index (χ4n) is 1.14. The Labute approximate surface area is 101 Å². The largest absolute Gasteiger partial charge is 0.434 e. The lowest BCUT2D eigenvalue weighted by Crippen LogP contribution is -2.14. The van der Waals surface area contributed by atoms with E-state index >= 15 is 0 Å². The number of ketones is 1. The number of alkyl halides is 3. The molecular weight excluding hydrogens is 261 g/mol. The van der Waals surface area contributed by atoms with E-state index in [1.54, 1.807) is 0 Å². The second-order valence-electron chi connectivity index (χ2n) is 2.97. The Morgan fingerprint density at radius 1 is 1.44 bits per heavy atom. The Balaban J connectivity index is 3.18. The molecule has 2 nitrogen and oxygen atoms in total. The zero-order valence-electron chi connectivity index (χ0n) is 8.22. The van der Waals surface area contributed by atoms with Crippen molar-refractivity contribution >= 4 is 29.0 Å². The molecule has 0 radical (unpaired) electrons. The van der Waals surface area contributed by atoms with Gasteiger partial charge in [0.25, 0.3) is 0 Å². The first kappa shape index (κ1) is 13.2. The van der Waals surface area contributed by atoms with Gasteiger partial charge in [-0.1, -0.05) is 17.7 Å². The normalized spacial score (nSPS) is 12.6. The maximum atomic E-state index is 12.1. The van der Waals surface area contributed by atoms with E-state index in [1.165, 1.54) is 25.1 Å². The highest BCUT2D eigenvalue weighted by molar-refractivity contribution is 6.39. The van der Waals surface area contributed by atoms with Gasteiger partial charge in [0.2, 0.25) is 0 Å². The zero-order valence-corrected chi connectivity index (χ0v) is 9.73. The molecule has 6 heteroatoms. The summed E-state index contributed by atoms with van der Waals surface area (Å²) in [6, 6.07) is 4.06. The van der Waals surface area contributed by atoms with Gasteiger partial charge in [0.1, 0.15) is 5.75 Å². The summed E-state index contributed by atoms with van der Waals surface area (Å²) >= 11 is 11.3. The summed E-state index contributed by atoms with van der Waals surface area (Å²) in [6.07, 6.45) is 0. The number of carbonyl (C=O) groups excluding carboxylic acids is 1. The third kappa shape index (κ3) is 3.06. The van der Waals surface area contributed by atoms with Crippen molar-refractivity contribution in [1.82, 2.24) is 0 Å². The highest BCUT2D eigenvalue weighted by atomic mass is 35.5. The predicted molar refractivity (Wildman–Crippen MR) is 57.7 cm³/mol. The van der Waals surface area contributed by atoms with Gasteiger partial charge in [0, 0.05) is 0 Å². The van der Waals surface area contributed by atoms with Crippen LogP contribution in [0.15, 0.2) is 18.2 Å². The maximum Gasteiger partial charge on any atom is 0.387 e. The van der Waals surface area contributed by atoms with Gasteiger partial charge in [-0.25, -0.2) is 0 Å². The van der Waals surface area contributed by atoms with Crippen LogP contribution < -0.4 is 4.74 Å². The molecule has 16 heavy (non-hydrogen) atoms. The smallest absolute Gasteiger partial charge is 0.387 e. The second-order valence-corrected chi connectivity index (χ2v) is 4.03. The number of benzene rings is 1. The van der Waals surface area contributed by atoms with Crippen molar-refractivity contribution in [3.63, 3.8) is 0 Å². The number of hydrogen-bond acceptors (Lipinski definition) is 2. The van der Waals surface area contributed by atoms with Crippen molar-refractivity contribution in [1.29, 1.82) is 0 Å². The Morgan fingerprint density at radius 3 is 2.56 bits per heavy atom. The molecule has 0 aliphatic rings. The van der Waals surface area contributed by atoms with Crippen LogP contribution in [0, 0.1) is 0 Å². The maximum absolute atomic E-state index is 12.1. The molecule has 0 aromatic heterocycles. The second kappa shape index (κ2) is 5.46. The third-order valence-electron chi connectivity index (χ3n) is 1.80. The van der Waals surface area contributed by atoms with E-state index in [0.717, 1.165) is 0 Å². The number of carbonyl (C=O) groups is 1. The Bertz CT molecular complexity index is 394. The number of rotatable bonds is 4. The van der Waals surface area contributed by atoms with E-state index in [4.69, 9.17) is 23.2 Å². The monoisotopic (exact) mass is 268 g/mol. The molecule has 0 fully saturated rings. The van der Waals surface area contributed by atoms with Crippen molar-refractivity contribution in [2.24, 2.45) is 0 Å². The SMILES string of the molecule is CC(Cl)C(=O)c1c(Cl)cccc1OC(F)F. The zero-order chi connectivity index (χ0) is 12.3. The average Bonchev–Trinajstić information content (AvgIpc) is 2.16. The van der Waals surface area contributed by atoms with Crippen molar-refractivity contribution in [2.45, 2.75) is 18.9 Å². The third-order valence-corrected chi connectivity index (χ3v) is 2.31. The van der Waals surface area contributed by atoms with Gasteiger partial charge >= 0.3 is 6.61 Å². The van der Waals surface area contributed by atoms with Gasteiger partial charge in [0.05, 0.1) is 16.0 Å². The van der Waals surface area contributed by atoms with Crippen molar-refractivity contribution in [3.8, 4) is 5.75 Å². The molecule has 1 aromatic rings. The summed E-state index contributed by atoms with van der Waals surface area (Å²) < 4.78 is 28.4. The minimum absolute atomic E-state index is 0.0376. The number of hydrogen-bond donors (Lipinski definition) is 0. The fraction of sp³-hybridized carbons (Fsp3) is 0.300. The summed E-state index contributed by atoms with van der Waals surface area (Å²) in [4.78, 5) is 11.6. The molecule has 1 rings (SSSR count). The molecule has 0 aliphatic heterocycles. The summed E-state index contributed by atoms with van der Waals surface area (Å²) in [5.74, 6) is -0.817. The van der Waals surface area contributed by atoms with Crippen molar-refractivity contribution < 1.29 is 18.3 Å². The standard InChI is InChI=1S/C10H8Cl2F2O2/c1-5(11)9(15)8-6(12)3-2-4-7(8)16-10(13)14/h2-5,10H,1H3. The van der Waals surface area contributed by atoms with Crippen LogP contribution in [0.4, 0.5) is 8.78 Å². The Kier molecular flexibility index (Phi) is 4.50. The van der Waals surface area contributed by atoms with Gasteiger partial charge in [-0.2, -0.15) is 8.78 Å². The lowest BCUT2D eigenvalue weighted by molar-refractivity contribution is -0.0501. The molecule has 0 aliphatic carbocycles. The highest BCUT2D eigenvalue weighted by Crippen LogP contribution is 2.29. The number of halogens is 4. The Hall–Kier alpha value is -0.870. The first-order valence-electron chi connectivity index (χ1n) is 4.35. The first-order chi connectivity index (χ1) is 7.43. The van der Waals surface area contributed by atoms with E-state index < -0.39 is 17.8 Å². The van der Waals surface area contributed by atoms with E-state index in [2.05, 4.69) is 4.74 Å². The molecule has 1 atom stereocenters. The predicted octanol–water partition coefficient (Wildman–Crippen LogP) is 3.75. The minimum Gasteiger partial charge on any atom is -0.434 e. The molecule has 0 bridgehead atoms. The lowest BCUT2D eigenvalue weighted by Gasteiger charge is -2.12. The van der Waals surface area contributed by atoms with E-state index in [9.17, 15) is 13.6 Å². The topological polar surface area (TPSA) is 26.3 Å². The van der Waals surface area contributed by atoms with Gasteiger partial charge < -0.3 is 4.74 Å². The van der Waals surface area contributed by atoms with Gasteiger partial charge in [-0.15, -0.1) is 11.6 Å².